The number of aryl methyl sites for hydroxylation is 2. The smallest absolute Gasteiger partial charge is 0.262 e. The molecule has 0 amide bonds. The second-order valence-corrected chi connectivity index (χ2v) is 8.73. The van der Waals surface area contributed by atoms with Gasteiger partial charge in [0.05, 0.1) is 22.0 Å². The minimum Gasteiger partial charge on any atom is -0.292 e. The first-order valence-electron chi connectivity index (χ1n) is 8.39. The molecule has 1 aliphatic rings. The average Bonchev–Trinajstić information content (AvgIpc) is 2.91. The zero-order chi connectivity index (χ0) is 17.7. The van der Waals surface area contributed by atoms with E-state index in [2.05, 4.69) is 6.92 Å². The van der Waals surface area contributed by atoms with E-state index in [0.29, 0.717) is 22.5 Å². The molecule has 0 bridgehead atoms. The molecule has 0 N–H and O–H groups in total. The van der Waals surface area contributed by atoms with Crippen LogP contribution < -0.4 is 5.56 Å². The van der Waals surface area contributed by atoms with E-state index in [1.165, 1.54) is 10.4 Å². The zero-order valence-corrected chi connectivity index (χ0v) is 16.4. The molecule has 0 aliphatic heterocycles. The molecular formula is C19H18Cl2N2OS. The third-order valence-electron chi connectivity index (χ3n) is 4.93. The molecule has 4 rings (SSSR count). The average molecular weight is 393 g/mol. The predicted molar refractivity (Wildman–Crippen MR) is 105 cm³/mol. The molecule has 130 valence electrons. The lowest BCUT2D eigenvalue weighted by Gasteiger charge is -2.17. The molecule has 0 spiro atoms. The van der Waals surface area contributed by atoms with Gasteiger partial charge in [-0.3, -0.25) is 9.36 Å². The summed E-state index contributed by atoms with van der Waals surface area (Å²) in [5.41, 5.74) is 2.22. The van der Waals surface area contributed by atoms with Crippen molar-refractivity contribution in [2.45, 2.75) is 39.7 Å². The van der Waals surface area contributed by atoms with Gasteiger partial charge in [-0.2, -0.15) is 0 Å². The Morgan fingerprint density at radius 2 is 2.12 bits per heavy atom. The lowest BCUT2D eigenvalue weighted by molar-refractivity contribution is 0.509. The summed E-state index contributed by atoms with van der Waals surface area (Å²) in [5, 5.41) is 1.84. The molecular weight excluding hydrogens is 375 g/mol. The maximum atomic E-state index is 13.2. The quantitative estimate of drug-likeness (QED) is 0.596. The van der Waals surface area contributed by atoms with Crippen LogP contribution in [0.25, 0.3) is 10.2 Å². The molecule has 1 atom stereocenters. The van der Waals surface area contributed by atoms with Crippen LogP contribution in [0.5, 0.6) is 0 Å². The summed E-state index contributed by atoms with van der Waals surface area (Å²) in [5.74, 6) is 1.41. The fourth-order valence-corrected chi connectivity index (χ4v) is 5.27. The van der Waals surface area contributed by atoms with E-state index < -0.39 is 0 Å². The summed E-state index contributed by atoms with van der Waals surface area (Å²) >= 11 is 13.8. The SMILES string of the molecule is Cc1nc2sc3c(c2c(=O)n1Cc1ccc(Cl)c(Cl)c1)CCC(C)C3. The van der Waals surface area contributed by atoms with Gasteiger partial charge in [0.15, 0.2) is 0 Å². The van der Waals surface area contributed by atoms with Crippen molar-refractivity contribution in [3.63, 3.8) is 0 Å². The summed E-state index contributed by atoms with van der Waals surface area (Å²) in [6, 6.07) is 5.47. The Kier molecular flexibility index (Phi) is 4.38. The van der Waals surface area contributed by atoms with Gasteiger partial charge < -0.3 is 0 Å². The maximum absolute atomic E-state index is 13.2. The first kappa shape index (κ1) is 17.1. The van der Waals surface area contributed by atoms with Crippen LogP contribution in [0.1, 0.15) is 35.2 Å². The second-order valence-electron chi connectivity index (χ2n) is 6.83. The highest BCUT2D eigenvalue weighted by Crippen LogP contribution is 2.35. The highest BCUT2D eigenvalue weighted by Gasteiger charge is 2.24. The van der Waals surface area contributed by atoms with Gasteiger partial charge in [0, 0.05) is 4.88 Å². The summed E-state index contributed by atoms with van der Waals surface area (Å²) < 4.78 is 1.74. The van der Waals surface area contributed by atoms with E-state index in [1.54, 1.807) is 22.0 Å². The van der Waals surface area contributed by atoms with E-state index in [0.717, 1.165) is 40.9 Å². The van der Waals surface area contributed by atoms with Crippen LogP contribution in [0.3, 0.4) is 0 Å². The number of benzene rings is 1. The zero-order valence-electron chi connectivity index (χ0n) is 14.1. The molecule has 2 heterocycles. The Morgan fingerprint density at radius 3 is 2.88 bits per heavy atom. The molecule has 0 radical (unpaired) electrons. The minimum absolute atomic E-state index is 0.0561. The number of aromatic nitrogens is 2. The van der Waals surface area contributed by atoms with Crippen molar-refractivity contribution < 1.29 is 0 Å². The lowest BCUT2D eigenvalue weighted by Crippen LogP contribution is -2.25. The Labute approximate surface area is 160 Å². The van der Waals surface area contributed by atoms with Gasteiger partial charge in [0.1, 0.15) is 10.7 Å². The van der Waals surface area contributed by atoms with E-state index >= 15 is 0 Å². The van der Waals surface area contributed by atoms with Gasteiger partial charge >= 0.3 is 0 Å². The van der Waals surface area contributed by atoms with Gasteiger partial charge in [-0.1, -0.05) is 36.2 Å². The molecule has 0 fully saturated rings. The fraction of sp³-hybridized carbons (Fsp3) is 0.368. The van der Waals surface area contributed by atoms with Crippen molar-refractivity contribution in [2.24, 2.45) is 5.92 Å². The van der Waals surface area contributed by atoms with Crippen LogP contribution in [0.2, 0.25) is 10.0 Å². The highest BCUT2D eigenvalue weighted by molar-refractivity contribution is 7.18. The number of halogens is 2. The van der Waals surface area contributed by atoms with Crippen molar-refractivity contribution in [1.82, 2.24) is 9.55 Å². The molecule has 6 heteroatoms. The maximum Gasteiger partial charge on any atom is 0.262 e. The molecule has 1 aromatic carbocycles. The summed E-state index contributed by atoms with van der Waals surface area (Å²) in [4.78, 5) is 20.1. The summed E-state index contributed by atoms with van der Waals surface area (Å²) in [6.07, 6.45) is 3.17. The Morgan fingerprint density at radius 1 is 1.32 bits per heavy atom. The minimum atomic E-state index is 0.0561. The number of hydrogen-bond donors (Lipinski definition) is 0. The standard InChI is InChI=1S/C19H18Cl2N2OS/c1-10-3-5-13-16(7-10)25-18-17(13)19(24)23(11(2)22-18)9-12-4-6-14(20)15(21)8-12/h4,6,8,10H,3,5,7,9H2,1-2H3. The Hall–Kier alpha value is -1.36. The highest BCUT2D eigenvalue weighted by atomic mass is 35.5. The second kappa shape index (κ2) is 6.42. The van der Waals surface area contributed by atoms with Crippen LogP contribution in [0.4, 0.5) is 0 Å². The van der Waals surface area contributed by atoms with E-state index in [1.807, 2.05) is 19.1 Å². The van der Waals surface area contributed by atoms with Gasteiger partial charge in [-0.05, 0) is 55.4 Å². The van der Waals surface area contributed by atoms with Gasteiger partial charge in [-0.25, -0.2) is 4.98 Å². The summed E-state index contributed by atoms with van der Waals surface area (Å²) in [6.45, 7) is 4.61. The largest absolute Gasteiger partial charge is 0.292 e. The number of fused-ring (bicyclic) bond motifs is 3. The molecule has 2 aromatic heterocycles. The van der Waals surface area contributed by atoms with E-state index in [4.69, 9.17) is 28.2 Å². The van der Waals surface area contributed by atoms with Crippen molar-refractivity contribution >= 4 is 44.8 Å². The van der Waals surface area contributed by atoms with Crippen molar-refractivity contribution in [3.8, 4) is 0 Å². The number of hydrogen-bond acceptors (Lipinski definition) is 3. The fourth-order valence-electron chi connectivity index (χ4n) is 3.53. The predicted octanol–water partition coefficient (Wildman–Crippen LogP) is 5.25. The van der Waals surface area contributed by atoms with Gasteiger partial charge in [0.2, 0.25) is 0 Å². The third kappa shape index (κ3) is 3.01. The molecule has 0 saturated carbocycles. The monoisotopic (exact) mass is 392 g/mol. The first-order valence-corrected chi connectivity index (χ1v) is 9.97. The first-order chi connectivity index (χ1) is 11.9. The number of nitrogens with zero attached hydrogens (tertiary/aromatic N) is 2. The normalized spacial score (nSPS) is 17.0. The van der Waals surface area contributed by atoms with Crippen LogP contribution in [0.15, 0.2) is 23.0 Å². The van der Waals surface area contributed by atoms with Crippen LogP contribution >= 0.6 is 34.5 Å². The van der Waals surface area contributed by atoms with Crippen molar-refractivity contribution in [2.75, 3.05) is 0 Å². The lowest BCUT2D eigenvalue weighted by atomic mass is 9.89. The van der Waals surface area contributed by atoms with E-state index in [9.17, 15) is 4.79 Å². The van der Waals surface area contributed by atoms with E-state index in [-0.39, 0.29) is 5.56 Å². The molecule has 25 heavy (non-hydrogen) atoms. The topological polar surface area (TPSA) is 34.9 Å². The summed E-state index contributed by atoms with van der Waals surface area (Å²) in [7, 11) is 0. The van der Waals surface area contributed by atoms with Gasteiger partial charge in [0.25, 0.3) is 5.56 Å². The third-order valence-corrected chi connectivity index (χ3v) is 6.82. The molecule has 3 aromatic rings. The number of rotatable bonds is 2. The van der Waals surface area contributed by atoms with Gasteiger partial charge in [-0.15, -0.1) is 11.3 Å². The number of thiophene rings is 1. The van der Waals surface area contributed by atoms with Crippen LogP contribution in [-0.2, 0) is 19.4 Å². The molecule has 1 aliphatic carbocycles. The van der Waals surface area contributed by atoms with Crippen LogP contribution in [0, 0.1) is 12.8 Å². The van der Waals surface area contributed by atoms with Crippen molar-refractivity contribution in [3.05, 3.63) is 60.4 Å². The molecule has 1 unspecified atom stereocenters. The van der Waals surface area contributed by atoms with Crippen LogP contribution in [-0.4, -0.2) is 9.55 Å². The molecule has 3 nitrogen and oxygen atoms in total. The molecule has 0 saturated heterocycles. The Balaban J connectivity index is 1.84. The van der Waals surface area contributed by atoms with Crippen molar-refractivity contribution in [1.29, 1.82) is 0 Å². The Bertz CT molecular complexity index is 1040.